The highest BCUT2D eigenvalue weighted by molar-refractivity contribution is 9.10. The molecule has 0 fully saturated rings. The monoisotopic (exact) mass is 448 g/mol. The molecule has 1 aromatic rings. The van der Waals surface area contributed by atoms with E-state index in [1.54, 1.807) is 6.07 Å². The lowest BCUT2D eigenvalue weighted by Gasteiger charge is -2.11. The van der Waals surface area contributed by atoms with E-state index in [1.807, 2.05) is 0 Å². The van der Waals surface area contributed by atoms with Gasteiger partial charge in [0.05, 0.1) is 12.9 Å². The number of carbonyl (C=O) groups is 2. The lowest BCUT2D eigenvalue weighted by molar-refractivity contribution is -0.142. The maximum atomic E-state index is 13.8. The van der Waals surface area contributed by atoms with E-state index >= 15 is 0 Å². The van der Waals surface area contributed by atoms with Crippen molar-refractivity contribution in [1.82, 2.24) is 0 Å². The average molecular weight is 449 g/mol. The molecule has 0 spiro atoms. The van der Waals surface area contributed by atoms with Crippen LogP contribution in [0.2, 0.25) is 0 Å². The summed E-state index contributed by atoms with van der Waals surface area (Å²) >= 11 is 4.30. The number of esters is 2. The van der Waals surface area contributed by atoms with Crippen LogP contribution in [0.25, 0.3) is 0 Å². The lowest BCUT2D eigenvalue weighted by Crippen LogP contribution is -2.06. The maximum Gasteiger partial charge on any atom is 0.315 e. The SMILES string of the molecule is COC(=O)CSc1cc(Br)cc(F)c1COC(C)=O.PPP. The molecule has 1 rings (SSSR count). The van der Waals surface area contributed by atoms with Gasteiger partial charge in [-0.2, -0.15) is 0 Å². The quantitative estimate of drug-likeness (QED) is 0.384. The van der Waals surface area contributed by atoms with Gasteiger partial charge in [0.1, 0.15) is 12.4 Å². The summed E-state index contributed by atoms with van der Waals surface area (Å²) in [5.74, 6) is -1.35. The van der Waals surface area contributed by atoms with Crippen LogP contribution in [0.1, 0.15) is 12.5 Å². The minimum absolute atomic E-state index is 0.0550. The first-order chi connectivity index (χ1) is 10.3. The summed E-state index contributed by atoms with van der Waals surface area (Å²) < 4.78 is 23.7. The molecule has 0 saturated carbocycles. The lowest BCUT2D eigenvalue weighted by atomic mass is 10.2. The van der Waals surface area contributed by atoms with E-state index in [1.165, 1.54) is 20.1 Å². The minimum Gasteiger partial charge on any atom is -0.468 e. The van der Waals surface area contributed by atoms with Gasteiger partial charge in [-0.1, -0.05) is 23.9 Å². The summed E-state index contributed by atoms with van der Waals surface area (Å²) in [4.78, 5) is 22.4. The molecule has 10 heteroatoms. The second kappa shape index (κ2) is 12.6. The predicted molar refractivity (Wildman–Crippen MR) is 100 cm³/mol. The van der Waals surface area contributed by atoms with Gasteiger partial charge >= 0.3 is 11.9 Å². The van der Waals surface area contributed by atoms with Gasteiger partial charge in [0.15, 0.2) is 0 Å². The van der Waals surface area contributed by atoms with E-state index in [9.17, 15) is 14.0 Å². The Hall–Kier alpha value is 0.210. The van der Waals surface area contributed by atoms with Crippen LogP contribution >= 0.6 is 53.5 Å². The zero-order chi connectivity index (χ0) is 17.1. The number of ether oxygens (including phenoxy) is 2. The Balaban J connectivity index is 0.00000135. The minimum atomic E-state index is -0.497. The summed E-state index contributed by atoms with van der Waals surface area (Å²) in [5.41, 5.74) is 0.243. The van der Waals surface area contributed by atoms with Gasteiger partial charge in [0.25, 0.3) is 0 Å². The fraction of sp³-hybridized carbons (Fsp3) is 0.333. The molecule has 0 aliphatic carbocycles. The second-order valence-corrected chi connectivity index (χ2v) is 9.94. The van der Waals surface area contributed by atoms with Crippen molar-refractivity contribution in [3.8, 4) is 0 Å². The number of hydrogen-bond donors (Lipinski definition) is 0. The number of carbonyl (C=O) groups excluding carboxylic acids is 2. The fourth-order valence-electron chi connectivity index (χ4n) is 1.22. The van der Waals surface area contributed by atoms with E-state index < -0.39 is 17.8 Å². The summed E-state index contributed by atoms with van der Waals surface area (Å²) in [5, 5.41) is 0. The summed E-state index contributed by atoms with van der Waals surface area (Å²) in [6.07, 6.45) is 0. The normalized spacial score (nSPS) is 9.55. The van der Waals surface area contributed by atoms with E-state index in [2.05, 4.69) is 38.5 Å². The van der Waals surface area contributed by atoms with Gasteiger partial charge in [0, 0.05) is 21.9 Å². The van der Waals surface area contributed by atoms with Crippen LogP contribution in [0.4, 0.5) is 4.39 Å². The van der Waals surface area contributed by atoms with Gasteiger partial charge in [-0.25, -0.2) is 4.39 Å². The molecule has 22 heavy (non-hydrogen) atoms. The van der Waals surface area contributed by atoms with Crippen molar-refractivity contribution < 1.29 is 23.5 Å². The van der Waals surface area contributed by atoms with Crippen molar-refractivity contribution in [3.63, 3.8) is 0 Å². The van der Waals surface area contributed by atoms with Gasteiger partial charge in [0.2, 0.25) is 0 Å². The molecule has 2 atom stereocenters. The van der Waals surface area contributed by atoms with Crippen LogP contribution in [0.15, 0.2) is 21.5 Å². The van der Waals surface area contributed by atoms with Crippen molar-refractivity contribution >= 4 is 65.4 Å². The summed E-state index contributed by atoms with van der Waals surface area (Å²) in [6.45, 7) is 1.08. The molecule has 0 saturated heterocycles. The highest BCUT2D eigenvalue weighted by Gasteiger charge is 2.14. The highest BCUT2D eigenvalue weighted by Crippen LogP contribution is 2.30. The Morgan fingerprint density at radius 3 is 2.50 bits per heavy atom. The third kappa shape index (κ3) is 9.37. The van der Waals surface area contributed by atoms with Crippen molar-refractivity contribution in [2.24, 2.45) is 0 Å². The molecule has 0 aliphatic heterocycles. The van der Waals surface area contributed by atoms with Crippen molar-refractivity contribution in [2.75, 3.05) is 12.9 Å². The zero-order valence-electron chi connectivity index (χ0n) is 12.0. The smallest absolute Gasteiger partial charge is 0.315 e. The number of halogens is 2. The summed E-state index contributed by atoms with van der Waals surface area (Å²) in [6, 6.07) is 2.94. The van der Waals surface area contributed by atoms with Crippen LogP contribution in [0.5, 0.6) is 0 Å². The van der Waals surface area contributed by atoms with Crippen molar-refractivity contribution in [3.05, 3.63) is 28.0 Å². The maximum absolute atomic E-state index is 13.8. The molecule has 4 nitrogen and oxygen atoms in total. The van der Waals surface area contributed by atoms with E-state index in [0.717, 1.165) is 19.7 Å². The molecule has 0 heterocycles. The molecular formula is C12H17BrFO4P3S. The molecule has 0 amide bonds. The Morgan fingerprint density at radius 2 is 2.00 bits per heavy atom. The topological polar surface area (TPSA) is 52.6 Å². The fourth-order valence-corrected chi connectivity index (χ4v) is 2.73. The Morgan fingerprint density at radius 1 is 1.41 bits per heavy atom. The Kier molecular flexibility index (Phi) is 12.7. The van der Waals surface area contributed by atoms with Crippen LogP contribution in [0.3, 0.4) is 0 Å². The average Bonchev–Trinajstić information content (AvgIpc) is 2.43. The number of rotatable bonds is 5. The first-order valence-corrected chi connectivity index (χ1v) is 12.2. The van der Waals surface area contributed by atoms with Crippen LogP contribution in [-0.2, 0) is 25.7 Å². The molecule has 0 aromatic heterocycles. The highest BCUT2D eigenvalue weighted by atomic mass is 79.9. The molecule has 0 N–H and O–H groups in total. The number of methoxy groups -OCH3 is 1. The van der Waals surface area contributed by atoms with E-state index in [4.69, 9.17) is 4.74 Å². The number of thioether (sulfide) groups is 1. The molecule has 0 radical (unpaired) electrons. The predicted octanol–water partition coefficient (Wildman–Crippen LogP) is 4.16. The van der Waals surface area contributed by atoms with E-state index in [0.29, 0.717) is 9.37 Å². The first-order valence-electron chi connectivity index (χ1n) is 5.82. The molecule has 1 aromatic carbocycles. The largest absolute Gasteiger partial charge is 0.468 e. The molecule has 0 aliphatic rings. The Labute approximate surface area is 148 Å². The van der Waals surface area contributed by atoms with Gasteiger partial charge in [-0.05, 0) is 12.1 Å². The van der Waals surface area contributed by atoms with Crippen molar-refractivity contribution in [2.45, 2.75) is 18.4 Å². The van der Waals surface area contributed by atoms with E-state index in [-0.39, 0.29) is 17.9 Å². The third-order valence-electron chi connectivity index (χ3n) is 2.11. The van der Waals surface area contributed by atoms with Crippen molar-refractivity contribution in [1.29, 1.82) is 0 Å². The van der Waals surface area contributed by atoms with Crippen LogP contribution < -0.4 is 0 Å². The Bertz CT molecular complexity index is 519. The first kappa shape index (κ1) is 22.2. The standard InChI is InChI=1S/C12H12BrFO4S.H5P3/c1-7(15)18-5-9-10(14)3-8(13)4-11(9)19-6-12(16)17-2;1-3-2/h3-4H,5-6H2,1-2H3;3H,1-2H2. The third-order valence-corrected chi connectivity index (χ3v) is 3.63. The number of benzene rings is 1. The number of hydrogen-bond acceptors (Lipinski definition) is 5. The summed E-state index contributed by atoms with van der Waals surface area (Å²) in [7, 11) is 7.34. The molecule has 0 bridgehead atoms. The van der Waals surface area contributed by atoms with Crippen LogP contribution in [0, 0.1) is 5.82 Å². The van der Waals surface area contributed by atoms with Crippen LogP contribution in [-0.4, -0.2) is 24.8 Å². The second-order valence-electron chi connectivity index (χ2n) is 3.68. The van der Waals surface area contributed by atoms with Gasteiger partial charge < -0.3 is 9.47 Å². The van der Waals surface area contributed by atoms with Gasteiger partial charge in [-0.15, -0.1) is 29.6 Å². The molecule has 2 unspecified atom stereocenters. The molecular weight excluding hydrogens is 432 g/mol. The van der Waals surface area contributed by atoms with Gasteiger partial charge in [-0.3, -0.25) is 9.59 Å². The zero-order valence-corrected chi connectivity index (χ0v) is 17.7. The molecule has 124 valence electrons.